The highest BCUT2D eigenvalue weighted by molar-refractivity contribution is 7.99. The Morgan fingerprint density at radius 1 is 1.00 bits per heavy atom. The fraction of sp³-hybridized carbons (Fsp3) is 0.103. The van der Waals surface area contributed by atoms with Gasteiger partial charge in [0.1, 0.15) is 0 Å². The molecule has 1 unspecified atom stereocenters. The number of nitrogens with zero attached hydrogens (tertiary/aromatic N) is 3. The average molecular weight is 491 g/mol. The van der Waals surface area contributed by atoms with Gasteiger partial charge in [-0.05, 0) is 65.7 Å². The minimum atomic E-state index is -0.224. The standard InChI is InChI=1S/C29H22N4O2S/c1-19(22-13-12-21-6-2-3-7-23(21)16-22)31-27(34)18-36-29-32-26-9-5-4-8-25(26)28(35)33(29)24-14-10-20(17-30)11-15-24/h2-16,19H,18H2,1H3,(H,31,34). The topological polar surface area (TPSA) is 87.8 Å². The van der Waals surface area contributed by atoms with Crippen LogP contribution in [-0.4, -0.2) is 21.2 Å². The molecule has 5 aromatic rings. The smallest absolute Gasteiger partial charge is 0.266 e. The number of para-hydroxylation sites is 1. The molecular formula is C29H22N4O2S. The molecule has 0 fully saturated rings. The lowest BCUT2D eigenvalue weighted by molar-refractivity contribution is -0.119. The number of amides is 1. The number of carbonyl (C=O) groups is 1. The Hall–Kier alpha value is -4.41. The summed E-state index contributed by atoms with van der Waals surface area (Å²) in [6.07, 6.45) is 0. The van der Waals surface area contributed by atoms with E-state index in [1.807, 2.05) is 31.2 Å². The molecule has 0 bridgehead atoms. The lowest BCUT2D eigenvalue weighted by Crippen LogP contribution is -2.29. The molecule has 0 saturated carbocycles. The first-order chi connectivity index (χ1) is 17.5. The number of hydrogen-bond donors (Lipinski definition) is 1. The largest absolute Gasteiger partial charge is 0.349 e. The van der Waals surface area contributed by atoms with E-state index in [-0.39, 0.29) is 23.3 Å². The van der Waals surface area contributed by atoms with Crippen molar-refractivity contribution in [3.8, 4) is 11.8 Å². The van der Waals surface area contributed by atoms with Crippen LogP contribution in [0.5, 0.6) is 0 Å². The van der Waals surface area contributed by atoms with Gasteiger partial charge in [0.25, 0.3) is 5.56 Å². The van der Waals surface area contributed by atoms with Gasteiger partial charge < -0.3 is 5.32 Å². The van der Waals surface area contributed by atoms with Gasteiger partial charge in [0.15, 0.2) is 5.16 Å². The van der Waals surface area contributed by atoms with Crippen LogP contribution in [0.25, 0.3) is 27.4 Å². The third-order valence-corrected chi connectivity index (χ3v) is 6.92. The molecule has 36 heavy (non-hydrogen) atoms. The van der Waals surface area contributed by atoms with Gasteiger partial charge in [-0.2, -0.15) is 5.26 Å². The van der Waals surface area contributed by atoms with Crippen LogP contribution in [-0.2, 0) is 4.79 Å². The lowest BCUT2D eigenvalue weighted by atomic mass is 10.0. The molecule has 1 N–H and O–H groups in total. The van der Waals surface area contributed by atoms with Crippen molar-refractivity contribution in [1.29, 1.82) is 5.26 Å². The van der Waals surface area contributed by atoms with E-state index in [2.05, 4.69) is 40.6 Å². The Labute approximate surface area is 212 Å². The second kappa shape index (κ2) is 10.1. The maximum atomic E-state index is 13.4. The molecule has 0 aliphatic carbocycles. The number of nitrogens with one attached hydrogen (secondary N) is 1. The maximum Gasteiger partial charge on any atom is 0.266 e. The number of carbonyl (C=O) groups excluding carboxylic acids is 1. The van der Waals surface area contributed by atoms with Gasteiger partial charge in [0.05, 0.1) is 40.0 Å². The van der Waals surface area contributed by atoms with E-state index < -0.39 is 0 Å². The highest BCUT2D eigenvalue weighted by atomic mass is 32.2. The van der Waals surface area contributed by atoms with E-state index in [4.69, 9.17) is 5.26 Å². The van der Waals surface area contributed by atoms with Crippen LogP contribution < -0.4 is 10.9 Å². The lowest BCUT2D eigenvalue weighted by Gasteiger charge is -2.16. The number of hydrogen-bond acceptors (Lipinski definition) is 5. The zero-order valence-corrected chi connectivity index (χ0v) is 20.3. The van der Waals surface area contributed by atoms with E-state index in [1.165, 1.54) is 16.3 Å². The molecular weight excluding hydrogens is 468 g/mol. The first-order valence-electron chi connectivity index (χ1n) is 11.5. The molecule has 4 aromatic carbocycles. The number of nitriles is 1. The monoisotopic (exact) mass is 490 g/mol. The van der Waals surface area contributed by atoms with Crippen molar-refractivity contribution >= 4 is 39.3 Å². The Morgan fingerprint density at radius 2 is 1.72 bits per heavy atom. The molecule has 0 radical (unpaired) electrons. The minimum absolute atomic E-state index is 0.0962. The summed E-state index contributed by atoms with van der Waals surface area (Å²) in [5.41, 5.74) is 2.45. The fourth-order valence-corrected chi connectivity index (χ4v) is 4.92. The van der Waals surface area contributed by atoms with Gasteiger partial charge in [-0.15, -0.1) is 0 Å². The molecule has 0 saturated heterocycles. The van der Waals surface area contributed by atoms with Crippen molar-refractivity contribution in [2.24, 2.45) is 0 Å². The third kappa shape index (κ3) is 4.72. The normalized spacial score (nSPS) is 11.8. The SMILES string of the molecule is CC(NC(=O)CSc1nc2ccccc2c(=O)n1-c1ccc(C#N)cc1)c1ccc2ccccc2c1. The zero-order chi connectivity index (χ0) is 25.1. The summed E-state index contributed by atoms with van der Waals surface area (Å²) < 4.78 is 1.49. The van der Waals surface area contributed by atoms with Crippen LogP contribution in [0.15, 0.2) is 101 Å². The molecule has 7 heteroatoms. The van der Waals surface area contributed by atoms with Gasteiger partial charge >= 0.3 is 0 Å². The number of benzene rings is 4. The summed E-state index contributed by atoms with van der Waals surface area (Å²) in [6.45, 7) is 1.95. The van der Waals surface area contributed by atoms with Crippen molar-refractivity contribution in [1.82, 2.24) is 14.9 Å². The number of aromatic nitrogens is 2. The molecule has 0 aliphatic rings. The van der Waals surface area contributed by atoms with Gasteiger partial charge in [-0.25, -0.2) is 4.98 Å². The van der Waals surface area contributed by atoms with Gasteiger partial charge in [-0.1, -0.05) is 60.3 Å². The maximum absolute atomic E-state index is 13.4. The quantitative estimate of drug-likeness (QED) is 0.255. The van der Waals surface area contributed by atoms with Crippen LogP contribution >= 0.6 is 11.8 Å². The molecule has 6 nitrogen and oxygen atoms in total. The molecule has 0 aliphatic heterocycles. The molecule has 0 spiro atoms. The van der Waals surface area contributed by atoms with Gasteiger partial charge in [0.2, 0.25) is 5.91 Å². The molecule has 1 aromatic heterocycles. The van der Waals surface area contributed by atoms with Crippen molar-refractivity contribution in [3.05, 3.63) is 112 Å². The van der Waals surface area contributed by atoms with Crippen LogP contribution in [0, 0.1) is 11.3 Å². The highest BCUT2D eigenvalue weighted by Gasteiger charge is 2.16. The van der Waals surface area contributed by atoms with Crippen LogP contribution in [0.2, 0.25) is 0 Å². The molecule has 5 rings (SSSR count). The molecule has 176 valence electrons. The van der Waals surface area contributed by atoms with E-state index in [0.29, 0.717) is 27.3 Å². The summed E-state index contributed by atoms with van der Waals surface area (Å²) in [7, 11) is 0. The minimum Gasteiger partial charge on any atom is -0.349 e. The fourth-order valence-electron chi connectivity index (χ4n) is 4.10. The van der Waals surface area contributed by atoms with E-state index in [1.54, 1.807) is 42.5 Å². The molecule has 1 amide bonds. The summed E-state index contributed by atoms with van der Waals surface area (Å²) in [4.78, 5) is 30.9. The summed E-state index contributed by atoms with van der Waals surface area (Å²) in [6, 6.07) is 30.1. The number of thioether (sulfide) groups is 1. The Bertz CT molecular complexity index is 1690. The number of fused-ring (bicyclic) bond motifs is 2. The summed E-state index contributed by atoms with van der Waals surface area (Å²) >= 11 is 1.20. The van der Waals surface area contributed by atoms with Crippen LogP contribution in [0.3, 0.4) is 0 Å². The molecule has 1 atom stereocenters. The second-order valence-electron chi connectivity index (χ2n) is 8.40. The van der Waals surface area contributed by atoms with Crippen LogP contribution in [0.1, 0.15) is 24.1 Å². The van der Waals surface area contributed by atoms with Crippen molar-refractivity contribution < 1.29 is 4.79 Å². The van der Waals surface area contributed by atoms with Gasteiger partial charge in [0, 0.05) is 0 Å². The van der Waals surface area contributed by atoms with E-state index >= 15 is 0 Å². The van der Waals surface area contributed by atoms with E-state index in [0.717, 1.165) is 16.3 Å². The van der Waals surface area contributed by atoms with Crippen molar-refractivity contribution in [2.75, 3.05) is 5.75 Å². The Kier molecular flexibility index (Phi) is 6.52. The zero-order valence-electron chi connectivity index (χ0n) is 19.5. The predicted molar refractivity (Wildman–Crippen MR) is 143 cm³/mol. The molecule has 1 heterocycles. The van der Waals surface area contributed by atoms with Gasteiger partial charge in [-0.3, -0.25) is 14.2 Å². The Morgan fingerprint density at radius 3 is 2.50 bits per heavy atom. The summed E-state index contributed by atoms with van der Waals surface area (Å²) in [5, 5.41) is 15.3. The average Bonchev–Trinajstić information content (AvgIpc) is 2.92. The highest BCUT2D eigenvalue weighted by Crippen LogP contribution is 2.23. The van der Waals surface area contributed by atoms with Crippen molar-refractivity contribution in [3.63, 3.8) is 0 Å². The summed E-state index contributed by atoms with van der Waals surface area (Å²) in [5.74, 6) is -0.0617. The first kappa shape index (κ1) is 23.3. The van der Waals surface area contributed by atoms with E-state index in [9.17, 15) is 9.59 Å². The Balaban J connectivity index is 1.39. The predicted octanol–water partition coefficient (Wildman–Crippen LogP) is 5.38. The van der Waals surface area contributed by atoms with Crippen molar-refractivity contribution in [2.45, 2.75) is 18.1 Å². The third-order valence-electron chi connectivity index (χ3n) is 5.98. The first-order valence-corrected chi connectivity index (χ1v) is 12.5. The number of rotatable bonds is 6. The second-order valence-corrected chi connectivity index (χ2v) is 9.34. The van der Waals surface area contributed by atoms with Crippen LogP contribution in [0.4, 0.5) is 0 Å².